The van der Waals surface area contributed by atoms with Crippen LogP contribution in [-0.4, -0.2) is 0 Å². The third kappa shape index (κ3) is 4.46. The molecule has 0 aromatic carbocycles. The van der Waals surface area contributed by atoms with Crippen molar-refractivity contribution in [3.8, 4) is 0 Å². The van der Waals surface area contributed by atoms with E-state index in [-0.39, 0.29) is 0 Å². The summed E-state index contributed by atoms with van der Waals surface area (Å²) in [6, 6.07) is 0. The third-order valence-electron chi connectivity index (χ3n) is 1.68. The van der Waals surface area contributed by atoms with Crippen molar-refractivity contribution in [3.05, 3.63) is 73.4 Å². The Morgan fingerprint density at radius 3 is 2.00 bits per heavy atom. The smallest absolute Gasteiger partial charge is 0.0188 e. The largest absolute Gasteiger partial charge is 0.0990 e. The van der Waals surface area contributed by atoms with Gasteiger partial charge >= 0.3 is 0 Å². The predicted molar refractivity (Wildman–Crippen MR) is 66.2 cm³/mol. The first-order valence-electron chi connectivity index (χ1n) is 4.74. The Kier molecular flexibility index (Phi) is 7.16. The molecule has 0 aliphatic rings. The van der Waals surface area contributed by atoms with E-state index in [0.29, 0.717) is 0 Å². The fourth-order valence-corrected chi connectivity index (χ4v) is 1.03. The second-order valence-electron chi connectivity index (χ2n) is 2.73. The van der Waals surface area contributed by atoms with E-state index in [9.17, 15) is 0 Å². The van der Waals surface area contributed by atoms with Crippen molar-refractivity contribution in [1.82, 2.24) is 0 Å². The van der Waals surface area contributed by atoms with Crippen molar-refractivity contribution in [2.24, 2.45) is 0 Å². The Balaban J connectivity index is 4.97. The van der Waals surface area contributed by atoms with Crippen LogP contribution in [0.5, 0.6) is 0 Å². The van der Waals surface area contributed by atoms with Crippen LogP contribution < -0.4 is 0 Å². The average Bonchev–Trinajstić information content (AvgIpc) is 2.21. The lowest BCUT2D eigenvalue weighted by atomic mass is 10.0. The molecule has 0 spiro atoms. The molecule has 0 N–H and O–H groups in total. The van der Waals surface area contributed by atoms with Crippen LogP contribution in [0.1, 0.15) is 13.3 Å². The highest BCUT2D eigenvalue weighted by atomic mass is 14.0. The lowest BCUT2D eigenvalue weighted by Crippen LogP contribution is -1.81. The van der Waals surface area contributed by atoms with Crippen molar-refractivity contribution >= 4 is 0 Å². The Morgan fingerprint density at radius 2 is 1.57 bits per heavy atom. The van der Waals surface area contributed by atoms with Gasteiger partial charge in [-0.15, -0.1) is 0 Å². The van der Waals surface area contributed by atoms with Gasteiger partial charge in [-0.05, 0) is 17.6 Å². The molecule has 0 aromatic heterocycles. The zero-order chi connectivity index (χ0) is 10.8. The van der Waals surface area contributed by atoms with Crippen molar-refractivity contribution < 1.29 is 0 Å². The highest BCUT2D eigenvalue weighted by Crippen LogP contribution is 2.13. The van der Waals surface area contributed by atoms with Gasteiger partial charge in [-0.25, -0.2) is 0 Å². The van der Waals surface area contributed by atoms with Gasteiger partial charge in [0, 0.05) is 0 Å². The van der Waals surface area contributed by atoms with Gasteiger partial charge in [0.2, 0.25) is 0 Å². The molecule has 0 amide bonds. The molecule has 0 atom stereocenters. The highest BCUT2D eigenvalue weighted by molar-refractivity contribution is 5.48. The summed E-state index contributed by atoms with van der Waals surface area (Å²) >= 11 is 0. The normalized spacial score (nSPS) is 12.9. The summed E-state index contributed by atoms with van der Waals surface area (Å²) in [5.74, 6) is 0. The van der Waals surface area contributed by atoms with E-state index in [1.54, 1.807) is 12.2 Å². The summed E-state index contributed by atoms with van der Waals surface area (Å²) < 4.78 is 0. The van der Waals surface area contributed by atoms with Crippen LogP contribution in [0.3, 0.4) is 0 Å². The van der Waals surface area contributed by atoms with E-state index >= 15 is 0 Å². The summed E-state index contributed by atoms with van der Waals surface area (Å²) in [4.78, 5) is 0. The van der Waals surface area contributed by atoms with E-state index in [1.165, 1.54) is 0 Å². The molecular formula is C14H18. The second kappa shape index (κ2) is 8.06. The van der Waals surface area contributed by atoms with Crippen LogP contribution in [0, 0.1) is 0 Å². The fourth-order valence-electron chi connectivity index (χ4n) is 1.03. The van der Waals surface area contributed by atoms with E-state index in [1.807, 2.05) is 18.2 Å². The molecule has 0 rings (SSSR count). The molecular weight excluding hydrogens is 168 g/mol. The van der Waals surface area contributed by atoms with Gasteiger partial charge in [-0.2, -0.15) is 0 Å². The minimum Gasteiger partial charge on any atom is -0.0990 e. The molecule has 0 heterocycles. The van der Waals surface area contributed by atoms with Crippen LogP contribution in [0.4, 0.5) is 0 Å². The zero-order valence-corrected chi connectivity index (χ0v) is 8.87. The van der Waals surface area contributed by atoms with E-state index in [4.69, 9.17) is 0 Å². The van der Waals surface area contributed by atoms with Gasteiger partial charge in [0.05, 0.1) is 0 Å². The summed E-state index contributed by atoms with van der Waals surface area (Å²) in [6.07, 6.45) is 14.4. The lowest BCUT2D eigenvalue weighted by Gasteiger charge is -2.01. The van der Waals surface area contributed by atoms with Crippen LogP contribution in [0.15, 0.2) is 73.4 Å². The molecule has 0 heteroatoms. The minimum atomic E-state index is 1.02. The summed E-state index contributed by atoms with van der Waals surface area (Å²) in [7, 11) is 0. The summed E-state index contributed by atoms with van der Waals surface area (Å²) in [5.41, 5.74) is 2.17. The van der Waals surface area contributed by atoms with Gasteiger partial charge in [0.15, 0.2) is 0 Å². The molecule has 0 unspecified atom stereocenters. The molecule has 0 saturated carbocycles. The number of allylic oxidation sites excluding steroid dienone is 9. The monoisotopic (exact) mass is 186 g/mol. The third-order valence-corrected chi connectivity index (χ3v) is 1.68. The molecule has 0 bridgehead atoms. The molecule has 0 fully saturated rings. The molecule has 14 heavy (non-hydrogen) atoms. The standard InChI is InChI=1S/C14H18/c1-5-9-12-14(11-7-3)13(8-4)10-6-2/h6-12H,2-5H2,1H3/b12-9-,13-10+,14-11+. The maximum absolute atomic E-state index is 3.77. The maximum Gasteiger partial charge on any atom is -0.0188 e. The number of hydrogen-bond acceptors (Lipinski definition) is 0. The molecule has 0 radical (unpaired) electrons. The minimum absolute atomic E-state index is 1.02. The lowest BCUT2D eigenvalue weighted by molar-refractivity contribution is 1.22. The first-order chi connectivity index (χ1) is 6.79. The molecule has 74 valence electrons. The molecule has 0 saturated heterocycles. The van der Waals surface area contributed by atoms with E-state index in [2.05, 4.69) is 38.8 Å². The van der Waals surface area contributed by atoms with Gasteiger partial charge in [0.1, 0.15) is 0 Å². The van der Waals surface area contributed by atoms with Gasteiger partial charge in [-0.3, -0.25) is 0 Å². The average molecular weight is 186 g/mol. The molecule has 0 aliphatic carbocycles. The SMILES string of the molecule is C=C/C=C(C=C)/C(/C=C\CC)=C/C=C. The topological polar surface area (TPSA) is 0 Å². The predicted octanol–water partition coefficient (Wildman–Crippen LogP) is 4.36. The van der Waals surface area contributed by atoms with Crippen molar-refractivity contribution in [2.45, 2.75) is 13.3 Å². The Hall–Kier alpha value is -1.56. The first kappa shape index (κ1) is 12.4. The van der Waals surface area contributed by atoms with E-state index < -0.39 is 0 Å². The number of rotatable bonds is 6. The molecule has 0 aromatic rings. The van der Waals surface area contributed by atoms with Crippen LogP contribution in [0.2, 0.25) is 0 Å². The summed E-state index contributed by atoms with van der Waals surface area (Å²) in [5, 5.41) is 0. The molecule has 0 aliphatic heterocycles. The Bertz CT molecular complexity index is 285. The maximum atomic E-state index is 3.77. The second-order valence-corrected chi connectivity index (χ2v) is 2.73. The van der Waals surface area contributed by atoms with Gasteiger partial charge < -0.3 is 0 Å². The van der Waals surface area contributed by atoms with Crippen LogP contribution in [-0.2, 0) is 0 Å². The quantitative estimate of drug-likeness (QED) is 0.540. The van der Waals surface area contributed by atoms with Crippen molar-refractivity contribution in [3.63, 3.8) is 0 Å². The van der Waals surface area contributed by atoms with Crippen LogP contribution in [0.25, 0.3) is 0 Å². The Morgan fingerprint density at radius 1 is 1.00 bits per heavy atom. The summed E-state index contributed by atoms with van der Waals surface area (Å²) in [6.45, 7) is 13.2. The fraction of sp³-hybridized carbons (Fsp3) is 0.143. The first-order valence-corrected chi connectivity index (χ1v) is 4.74. The van der Waals surface area contributed by atoms with Gasteiger partial charge in [0.25, 0.3) is 0 Å². The van der Waals surface area contributed by atoms with E-state index in [0.717, 1.165) is 17.6 Å². The Labute approximate surface area is 87.3 Å². The van der Waals surface area contributed by atoms with Crippen molar-refractivity contribution in [2.75, 3.05) is 0 Å². The number of hydrogen-bond donors (Lipinski definition) is 0. The molecule has 0 nitrogen and oxygen atoms in total. The van der Waals surface area contributed by atoms with Crippen molar-refractivity contribution in [1.29, 1.82) is 0 Å². The van der Waals surface area contributed by atoms with Crippen LogP contribution >= 0.6 is 0 Å². The zero-order valence-electron chi connectivity index (χ0n) is 8.87. The highest BCUT2D eigenvalue weighted by Gasteiger charge is 1.94. The van der Waals surface area contributed by atoms with Gasteiger partial charge in [-0.1, -0.05) is 69.2 Å².